The summed E-state index contributed by atoms with van der Waals surface area (Å²) in [5.41, 5.74) is 7.83. The zero-order valence-corrected chi connectivity index (χ0v) is 24.9. The molecule has 208 valence electrons. The lowest BCUT2D eigenvalue weighted by molar-refractivity contribution is 0.670. The number of hydrogen-bond acceptors (Lipinski definition) is 2. The highest BCUT2D eigenvalue weighted by molar-refractivity contribution is 7.26. The minimum atomic E-state index is 0.922. The molecule has 0 saturated carbocycles. The van der Waals surface area contributed by atoms with E-state index in [9.17, 15) is 0 Å². The Labute approximate surface area is 260 Å². The fraction of sp³-hybridized carbons (Fsp3) is 0. The smallest absolute Gasteiger partial charge is 0.143 e. The quantitative estimate of drug-likeness (QED) is 0.186. The summed E-state index contributed by atoms with van der Waals surface area (Å²) in [6.45, 7) is 0. The van der Waals surface area contributed by atoms with Gasteiger partial charge in [-0.25, -0.2) is 0 Å². The topological polar surface area (TPSA) is 17.6 Å². The third-order valence-electron chi connectivity index (χ3n) is 9.75. The first-order valence-electron chi connectivity index (χ1n) is 15.4. The normalized spacial score (nSPS) is 12.4. The predicted molar refractivity (Wildman–Crippen MR) is 193 cm³/mol. The minimum Gasteiger partial charge on any atom is -0.455 e. The van der Waals surface area contributed by atoms with Crippen molar-refractivity contribution in [1.82, 2.24) is 4.40 Å². The maximum Gasteiger partial charge on any atom is 0.143 e. The summed E-state index contributed by atoms with van der Waals surface area (Å²) in [4.78, 5) is 0. The van der Waals surface area contributed by atoms with E-state index in [1.807, 2.05) is 17.4 Å². The predicted octanol–water partition coefficient (Wildman–Crippen LogP) is 12.5. The van der Waals surface area contributed by atoms with Crippen molar-refractivity contribution in [3.05, 3.63) is 140 Å². The molecule has 0 saturated heterocycles. The van der Waals surface area contributed by atoms with Crippen molar-refractivity contribution in [3.8, 4) is 11.1 Å². The summed E-state index contributed by atoms with van der Waals surface area (Å²) in [7, 11) is 0. The van der Waals surface area contributed by atoms with Gasteiger partial charge in [0.15, 0.2) is 0 Å². The van der Waals surface area contributed by atoms with E-state index in [1.165, 1.54) is 69.0 Å². The van der Waals surface area contributed by atoms with Crippen molar-refractivity contribution in [3.63, 3.8) is 0 Å². The van der Waals surface area contributed by atoms with E-state index < -0.39 is 0 Å². The van der Waals surface area contributed by atoms with Crippen molar-refractivity contribution in [2.45, 2.75) is 0 Å². The second-order valence-corrected chi connectivity index (χ2v) is 13.1. The fourth-order valence-electron chi connectivity index (χ4n) is 7.89. The van der Waals surface area contributed by atoms with E-state index >= 15 is 0 Å². The van der Waals surface area contributed by atoms with Gasteiger partial charge in [-0.15, -0.1) is 11.3 Å². The van der Waals surface area contributed by atoms with Gasteiger partial charge in [-0.2, -0.15) is 0 Å². The van der Waals surface area contributed by atoms with E-state index in [4.69, 9.17) is 4.42 Å². The van der Waals surface area contributed by atoms with Crippen molar-refractivity contribution in [2.24, 2.45) is 0 Å². The number of furan rings is 1. The van der Waals surface area contributed by atoms with Crippen molar-refractivity contribution in [1.29, 1.82) is 0 Å². The lowest BCUT2D eigenvalue weighted by Crippen LogP contribution is -1.86. The molecule has 2 nitrogen and oxygen atoms in total. The molecule has 0 radical (unpaired) electrons. The SMILES string of the molecule is c1ccc2c(c1)oc1c(-c3ccc4c(c3)c3cccc5c6ccccc6c6cccc7sc8cccc(c8c76)n4c53)cccc12. The summed E-state index contributed by atoms with van der Waals surface area (Å²) in [5.74, 6) is 0. The Morgan fingerprint density at radius 2 is 1.09 bits per heavy atom. The van der Waals surface area contributed by atoms with E-state index in [0.717, 1.165) is 33.1 Å². The molecule has 0 N–H and O–H groups in total. The van der Waals surface area contributed by atoms with Gasteiger partial charge in [-0.1, -0.05) is 103 Å². The maximum atomic E-state index is 6.47. The molecule has 11 rings (SSSR count). The number of rotatable bonds is 1. The van der Waals surface area contributed by atoms with Crippen LogP contribution in [0.2, 0.25) is 0 Å². The van der Waals surface area contributed by atoms with Gasteiger partial charge in [0.25, 0.3) is 0 Å². The molecular weight excluding hydrogens is 567 g/mol. The maximum absolute atomic E-state index is 6.47. The Kier molecular flexibility index (Phi) is 4.49. The Balaban J connectivity index is 1.38. The molecule has 3 heteroatoms. The van der Waals surface area contributed by atoms with E-state index in [0.29, 0.717) is 0 Å². The average molecular weight is 590 g/mol. The molecule has 45 heavy (non-hydrogen) atoms. The van der Waals surface area contributed by atoms with Crippen LogP contribution in [0, 0.1) is 0 Å². The summed E-state index contributed by atoms with van der Waals surface area (Å²) in [6, 6.07) is 51.1. The van der Waals surface area contributed by atoms with Crippen LogP contribution in [-0.4, -0.2) is 4.40 Å². The zero-order valence-electron chi connectivity index (χ0n) is 24.0. The molecular formula is C42H23NOS. The lowest BCUT2D eigenvalue weighted by atomic mass is 9.99. The van der Waals surface area contributed by atoms with Crippen LogP contribution in [0.15, 0.2) is 144 Å². The number of thiophene rings is 1. The molecule has 0 amide bonds. The highest BCUT2D eigenvalue weighted by atomic mass is 32.1. The summed E-state index contributed by atoms with van der Waals surface area (Å²) >= 11 is 1.89. The van der Waals surface area contributed by atoms with Crippen LogP contribution in [0.1, 0.15) is 0 Å². The molecule has 7 aromatic carbocycles. The second kappa shape index (κ2) is 8.50. The van der Waals surface area contributed by atoms with Gasteiger partial charge in [0, 0.05) is 52.7 Å². The first-order valence-corrected chi connectivity index (χ1v) is 16.2. The molecule has 0 bridgehead atoms. The number of nitrogens with zero attached hydrogens (tertiary/aromatic N) is 1. The monoisotopic (exact) mass is 589 g/mol. The molecule has 4 aromatic heterocycles. The Hall–Kier alpha value is -5.64. The van der Waals surface area contributed by atoms with Crippen LogP contribution in [0.4, 0.5) is 0 Å². The summed E-state index contributed by atoms with van der Waals surface area (Å²) < 4.78 is 11.6. The molecule has 0 fully saturated rings. The van der Waals surface area contributed by atoms with Crippen molar-refractivity contribution in [2.75, 3.05) is 0 Å². The first kappa shape index (κ1) is 23.8. The molecule has 0 spiro atoms. The molecule has 0 aliphatic rings. The van der Waals surface area contributed by atoms with Gasteiger partial charge in [-0.05, 0) is 58.1 Å². The van der Waals surface area contributed by atoms with Gasteiger partial charge in [0.05, 0.1) is 16.6 Å². The molecule has 0 atom stereocenters. The van der Waals surface area contributed by atoms with Gasteiger partial charge >= 0.3 is 0 Å². The third kappa shape index (κ3) is 3.03. The van der Waals surface area contributed by atoms with Crippen molar-refractivity contribution < 1.29 is 4.42 Å². The average Bonchev–Trinajstić information content (AvgIpc) is 3.78. The zero-order chi connectivity index (χ0) is 29.2. The number of para-hydroxylation sites is 3. The second-order valence-electron chi connectivity index (χ2n) is 12.0. The van der Waals surface area contributed by atoms with E-state index in [-0.39, 0.29) is 0 Å². The standard InChI is InChI=1S/C42H23NOS/c1-2-10-27-26(9-1)29-13-7-19-37-39(29)40-35(17-8-20-38(40)45-37)43-34-22-21-24(23-33(34)31-15-6-14-30(27)41(31)43)25-12-5-16-32-28-11-3-4-18-36(28)44-42(25)32/h1-23H. The number of aromatic nitrogens is 1. The Bertz CT molecular complexity index is 3050. The minimum absolute atomic E-state index is 0.922. The highest BCUT2D eigenvalue weighted by Crippen LogP contribution is 2.45. The molecule has 4 heterocycles. The van der Waals surface area contributed by atoms with Gasteiger partial charge in [0.2, 0.25) is 0 Å². The molecule has 0 aliphatic heterocycles. The largest absolute Gasteiger partial charge is 0.455 e. The van der Waals surface area contributed by atoms with Crippen LogP contribution < -0.4 is 0 Å². The van der Waals surface area contributed by atoms with Crippen LogP contribution in [0.5, 0.6) is 0 Å². The fourth-order valence-corrected chi connectivity index (χ4v) is 9.04. The Morgan fingerprint density at radius 3 is 1.98 bits per heavy atom. The van der Waals surface area contributed by atoms with Gasteiger partial charge < -0.3 is 8.82 Å². The lowest BCUT2D eigenvalue weighted by Gasteiger charge is -2.05. The van der Waals surface area contributed by atoms with E-state index in [1.54, 1.807) is 0 Å². The van der Waals surface area contributed by atoms with Crippen LogP contribution >= 0.6 is 11.3 Å². The highest BCUT2D eigenvalue weighted by Gasteiger charge is 2.19. The van der Waals surface area contributed by atoms with Crippen LogP contribution in [-0.2, 0) is 0 Å². The van der Waals surface area contributed by atoms with Gasteiger partial charge in [-0.3, -0.25) is 0 Å². The summed E-state index contributed by atoms with van der Waals surface area (Å²) in [5, 5.41) is 12.6. The Morgan fingerprint density at radius 1 is 0.444 bits per heavy atom. The van der Waals surface area contributed by atoms with E-state index in [2.05, 4.69) is 138 Å². The third-order valence-corrected chi connectivity index (χ3v) is 10.9. The first-order chi connectivity index (χ1) is 22.3. The van der Waals surface area contributed by atoms with Gasteiger partial charge in [0.1, 0.15) is 11.2 Å². The molecule has 11 aromatic rings. The van der Waals surface area contributed by atoms with Crippen molar-refractivity contribution >= 4 is 102 Å². The van der Waals surface area contributed by atoms with Crippen LogP contribution in [0.3, 0.4) is 0 Å². The number of benzene rings is 7. The number of fused-ring (bicyclic) bond motifs is 10. The summed E-state index contributed by atoms with van der Waals surface area (Å²) in [6.07, 6.45) is 0. The van der Waals surface area contributed by atoms with Crippen LogP contribution in [0.25, 0.3) is 102 Å². The molecule has 0 aliphatic carbocycles. The molecule has 0 unspecified atom stereocenters. The number of hydrogen-bond donors (Lipinski definition) is 0.